The fourth-order valence-electron chi connectivity index (χ4n) is 2.52. The summed E-state index contributed by atoms with van der Waals surface area (Å²) in [4.78, 5) is 24.2. The van der Waals surface area contributed by atoms with Crippen LogP contribution in [0.15, 0.2) is 41.0 Å². The Morgan fingerprint density at radius 2 is 1.92 bits per heavy atom. The number of nitrogens with one attached hydrogen (secondary N) is 2. The second-order valence-corrected chi connectivity index (χ2v) is 6.33. The summed E-state index contributed by atoms with van der Waals surface area (Å²) in [5.41, 5.74) is -1.05. The van der Waals surface area contributed by atoms with Crippen LogP contribution in [0, 0.1) is 11.8 Å². The maximum atomic E-state index is 12.8. The van der Waals surface area contributed by atoms with Crippen LogP contribution in [0.3, 0.4) is 0 Å². The molecule has 0 radical (unpaired) electrons. The van der Waals surface area contributed by atoms with E-state index < -0.39 is 29.5 Å². The number of benzene rings is 1. The van der Waals surface area contributed by atoms with Gasteiger partial charge in [-0.1, -0.05) is 11.6 Å². The molecular formula is C17H14ClF3N2O3. The van der Waals surface area contributed by atoms with Gasteiger partial charge in [0.05, 0.1) is 40.9 Å². The monoisotopic (exact) mass is 386 g/mol. The van der Waals surface area contributed by atoms with Crippen LogP contribution >= 0.6 is 11.6 Å². The van der Waals surface area contributed by atoms with Crippen LogP contribution in [0.4, 0.5) is 18.9 Å². The molecule has 2 atom stereocenters. The summed E-state index contributed by atoms with van der Waals surface area (Å²) in [5.74, 6) is -1.39. The van der Waals surface area contributed by atoms with E-state index in [1.54, 1.807) is 12.1 Å². The van der Waals surface area contributed by atoms with E-state index in [1.165, 1.54) is 6.26 Å². The first kappa shape index (κ1) is 18.3. The first-order valence-corrected chi connectivity index (χ1v) is 8.11. The number of halogens is 4. The second-order valence-electron chi connectivity index (χ2n) is 5.93. The summed E-state index contributed by atoms with van der Waals surface area (Å²) in [7, 11) is 0. The van der Waals surface area contributed by atoms with E-state index >= 15 is 0 Å². The molecule has 0 saturated heterocycles. The Kier molecular flexibility index (Phi) is 4.95. The highest BCUT2D eigenvalue weighted by Crippen LogP contribution is 2.40. The number of hydrogen-bond donors (Lipinski definition) is 2. The van der Waals surface area contributed by atoms with E-state index in [-0.39, 0.29) is 23.2 Å². The molecule has 0 bridgehead atoms. The van der Waals surface area contributed by atoms with Crippen molar-refractivity contribution in [3.05, 3.63) is 52.9 Å². The minimum Gasteiger partial charge on any atom is -0.467 e. The predicted octanol–water partition coefficient (Wildman–Crippen LogP) is 3.84. The molecule has 5 nitrogen and oxygen atoms in total. The highest BCUT2D eigenvalue weighted by atomic mass is 35.5. The maximum absolute atomic E-state index is 12.8. The van der Waals surface area contributed by atoms with E-state index in [0.717, 1.165) is 18.2 Å². The van der Waals surface area contributed by atoms with Crippen LogP contribution in [-0.4, -0.2) is 11.8 Å². The topological polar surface area (TPSA) is 71.3 Å². The van der Waals surface area contributed by atoms with Crippen molar-refractivity contribution in [3.8, 4) is 0 Å². The van der Waals surface area contributed by atoms with Gasteiger partial charge < -0.3 is 15.1 Å². The molecule has 1 aromatic heterocycles. The summed E-state index contributed by atoms with van der Waals surface area (Å²) in [6, 6.07) is 6.07. The lowest BCUT2D eigenvalue weighted by molar-refractivity contribution is -0.137. The minimum atomic E-state index is -4.54. The number of anilines is 1. The average Bonchev–Trinajstić information content (AvgIpc) is 3.21. The molecule has 1 aliphatic carbocycles. The van der Waals surface area contributed by atoms with Gasteiger partial charge in [-0.3, -0.25) is 9.59 Å². The molecular weight excluding hydrogens is 373 g/mol. The molecule has 26 heavy (non-hydrogen) atoms. The van der Waals surface area contributed by atoms with Crippen LogP contribution in [0.2, 0.25) is 5.02 Å². The van der Waals surface area contributed by atoms with Gasteiger partial charge in [0.15, 0.2) is 0 Å². The minimum absolute atomic E-state index is 0.00850. The Bertz CT molecular complexity index is 821. The lowest BCUT2D eigenvalue weighted by Crippen LogP contribution is -2.27. The van der Waals surface area contributed by atoms with Gasteiger partial charge in [-0.15, -0.1) is 0 Å². The van der Waals surface area contributed by atoms with Gasteiger partial charge >= 0.3 is 6.18 Å². The fraction of sp³-hybridized carbons (Fsp3) is 0.294. The van der Waals surface area contributed by atoms with E-state index in [1.807, 2.05) is 0 Å². The third-order valence-corrected chi connectivity index (χ3v) is 4.36. The molecule has 1 heterocycles. The van der Waals surface area contributed by atoms with Crippen molar-refractivity contribution in [1.29, 1.82) is 0 Å². The molecule has 1 fully saturated rings. The number of amides is 2. The number of hydrogen-bond acceptors (Lipinski definition) is 3. The molecule has 9 heteroatoms. The third-order valence-electron chi connectivity index (χ3n) is 4.03. The molecule has 3 rings (SSSR count). The standard InChI is InChI=1S/C17H14ClF3N2O3/c18-13-4-3-9(17(19,20)21)6-14(13)23-16(25)12-7-11(12)15(24)22-8-10-2-1-5-26-10/h1-6,11-12H,7-8H2,(H,22,24)(H,23,25). The zero-order chi connectivity index (χ0) is 18.9. The van der Waals surface area contributed by atoms with Crippen LogP contribution in [0.25, 0.3) is 0 Å². The molecule has 2 aromatic rings. The molecule has 0 aliphatic heterocycles. The molecule has 2 N–H and O–H groups in total. The van der Waals surface area contributed by atoms with Crippen molar-refractivity contribution in [1.82, 2.24) is 5.32 Å². The van der Waals surface area contributed by atoms with Gasteiger partial charge in [0.2, 0.25) is 11.8 Å². The van der Waals surface area contributed by atoms with E-state index in [0.29, 0.717) is 12.2 Å². The lowest BCUT2D eigenvalue weighted by Gasteiger charge is -2.11. The van der Waals surface area contributed by atoms with Gasteiger partial charge in [0.1, 0.15) is 5.76 Å². The molecule has 0 spiro atoms. The summed E-state index contributed by atoms with van der Waals surface area (Å²) in [6.07, 6.45) is -2.74. The predicted molar refractivity (Wildman–Crippen MR) is 87.2 cm³/mol. The smallest absolute Gasteiger partial charge is 0.416 e. The summed E-state index contributed by atoms with van der Waals surface area (Å²) >= 11 is 5.85. The van der Waals surface area contributed by atoms with Gasteiger partial charge in [-0.2, -0.15) is 13.2 Å². The Labute approximate surface area is 151 Å². The SMILES string of the molecule is O=C(NCc1ccco1)C1CC1C(=O)Nc1cc(C(F)(F)F)ccc1Cl. The number of rotatable bonds is 5. The van der Waals surface area contributed by atoms with Crippen LogP contribution in [0.1, 0.15) is 17.7 Å². The van der Waals surface area contributed by atoms with Crippen molar-refractivity contribution in [2.45, 2.75) is 19.1 Å². The molecule has 1 aliphatic rings. The summed E-state index contributed by atoms with van der Waals surface area (Å²) < 4.78 is 43.4. The number of alkyl halides is 3. The molecule has 138 valence electrons. The van der Waals surface area contributed by atoms with E-state index in [4.69, 9.17) is 16.0 Å². The highest BCUT2D eigenvalue weighted by Gasteiger charge is 2.48. The normalized spacial score (nSPS) is 19.1. The van der Waals surface area contributed by atoms with E-state index in [2.05, 4.69) is 10.6 Å². The van der Waals surface area contributed by atoms with Gasteiger partial charge in [0.25, 0.3) is 0 Å². The molecule has 2 amide bonds. The Morgan fingerprint density at radius 3 is 2.58 bits per heavy atom. The molecule has 2 unspecified atom stereocenters. The first-order valence-electron chi connectivity index (χ1n) is 7.73. The van der Waals surface area contributed by atoms with Crippen molar-refractivity contribution < 1.29 is 27.2 Å². The quantitative estimate of drug-likeness (QED) is 0.820. The second kappa shape index (κ2) is 7.03. The zero-order valence-electron chi connectivity index (χ0n) is 13.3. The van der Waals surface area contributed by atoms with Crippen molar-refractivity contribution in [3.63, 3.8) is 0 Å². The Balaban J connectivity index is 1.57. The van der Waals surface area contributed by atoms with E-state index in [9.17, 15) is 22.8 Å². The largest absolute Gasteiger partial charge is 0.467 e. The van der Waals surface area contributed by atoms with Crippen molar-refractivity contribution in [2.75, 3.05) is 5.32 Å². The van der Waals surface area contributed by atoms with Crippen LogP contribution in [-0.2, 0) is 22.3 Å². The highest BCUT2D eigenvalue weighted by molar-refractivity contribution is 6.33. The maximum Gasteiger partial charge on any atom is 0.416 e. The van der Waals surface area contributed by atoms with Crippen LogP contribution < -0.4 is 10.6 Å². The van der Waals surface area contributed by atoms with Gasteiger partial charge in [0, 0.05) is 0 Å². The number of furan rings is 1. The number of carbonyl (C=O) groups excluding carboxylic acids is 2. The summed E-state index contributed by atoms with van der Waals surface area (Å²) in [6.45, 7) is 0.204. The fourth-order valence-corrected chi connectivity index (χ4v) is 2.68. The third kappa shape index (κ3) is 4.19. The van der Waals surface area contributed by atoms with Gasteiger partial charge in [-0.05, 0) is 36.8 Å². The lowest BCUT2D eigenvalue weighted by atomic mass is 10.2. The molecule has 1 aromatic carbocycles. The van der Waals surface area contributed by atoms with Gasteiger partial charge in [-0.25, -0.2) is 0 Å². The Morgan fingerprint density at radius 1 is 1.19 bits per heavy atom. The van der Waals surface area contributed by atoms with Crippen molar-refractivity contribution >= 4 is 29.1 Å². The molecule has 1 saturated carbocycles. The van der Waals surface area contributed by atoms with Crippen LogP contribution in [0.5, 0.6) is 0 Å². The first-order chi connectivity index (χ1) is 12.3. The zero-order valence-corrected chi connectivity index (χ0v) is 14.0. The Hall–Kier alpha value is -2.48. The van der Waals surface area contributed by atoms with Crippen molar-refractivity contribution in [2.24, 2.45) is 11.8 Å². The number of carbonyl (C=O) groups is 2. The average molecular weight is 387 g/mol. The summed E-state index contributed by atoms with van der Waals surface area (Å²) in [5, 5.41) is 5.01.